The SMILES string of the molecule is CC/C=C\C/C=C\C/C=C\C/C=C\C/C=C\CCCC(=O)OCC(COC(=O)CCCCCCCCCCCCCCCCCCCCCCCCC)OC(=O)CCCCCCCCCCCCCCCCCCCCCCCC. The Morgan fingerprint density at radius 1 is 0.263 bits per heavy atom. The van der Waals surface area contributed by atoms with Gasteiger partial charge in [-0.15, -0.1) is 0 Å². The number of ether oxygens (including phenoxy) is 3. The molecule has 0 aliphatic heterocycles. The van der Waals surface area contributed by atoms with Crippen molar-refractivity contribution in [1.82, 2.24) is 0 Å². The van der Waals surface area contributed by atoms with Crippen molar-refractivity contribution in [1.29, 1.82) is 0 Å². The van der Waals surface area contributed by atoms with Gasteiger partial charge in [-0.2, -0.15) is 0 Å². The molecular formula is C74H134O6. The number of carbonyl (C=O) groups is 3. The lowest BCUT2D eigenvalue weighted by molar-refractivity contribution is -0.167. The Morgan fingerprint density at radius 3 is 0.762 bits per heavy atom. The van der Waals surface area contributed by atoms with Crippen LogP contribution in [0.15, 0.2) is 60.8 Å². The molecule has 0 fully saturated rings. The fourth-order valence-corrected chi connectivity index (χ4v) is 10.5. The Bertz CT molecular complexity index is 1430. The Balaban J connectivity index is 4.34. The zero-order chi connectivity index (χ0) is 57.8. The van der Waals surface area contributed by atoms with Gasteiger partial charge in [0.15, 0.2) is 6.10 Å². The first kappa shape index (κ1) is 77.1. The quantitative estimate of drug-likeness (QED) is 0.0261. The second-order valence-corrected chi connectivity index (χ2v) is 23.8. The highest BCUT2D eigenvalue weighted by Gasteiger charge is 2.19. The molecule has 1 atom stereocenters. The van der Waals surface area contributed by atoms with Gasteiger partial charge in [-0.3, -0.25) is 14.4 Å². The highest BCUT2D eigenvalue weighted by molar-refractivity contribution is 5.71. The summed E-state index contributed by atoms with van der Waals surface area (Å²) in [5, 5.41) is 0. The fraction of sp³-hybridized carbons (Fsp3) is 0.824. The average molecular weight is 1120 g/mol. The molecule has 0 amide bonds. The number of esters is 3. The van der Waals surface area contributed by atoms with Gasteiger partial charge in [-0.05, 0) is 57.8 Å². The fourth-order valence-electron chi connectivity index (χ4n) is 10.5. The lowest BCUT2D eigenvalue weighted by Gasteiger charge is -2.18. The molecule has 80 heavy (non-hydrogen) atoms. The minimum Gasteiger partial charge on any atom is -0.462 e. The number of hydrogen-bond acceptors (Lipinski definition) is 6. The standard InChI is InChI=1S/C74H134O6/c1-4-7-10-13-16-19-22-25-28-31-33-35-37-39-40-43-46-49-52-55-58-61-64-67-73(76)79-70-71(69-78-72(75)66-63-60-57-54-51-48-45-42-30-27-24-21-18-15-12-9-6-3)80-74(77)68-65-62-59-56-53-50-47-44-41-38-36-34-32-29-26-23-20-17-14-11-8-5-2/h9,12,18,21,27,30,45,48,54,57,71H,4-8,10-11,13-17,19-20,22-26,28-29,31-44,46-47,49-53,55-56,58-70H2,1-3H3/b12-9-,21-18-,30-27-,48-45-,57-54-. The summed E-state index contributed by atoms with van der Waals surface area (Å²) in [6, 6.07) is 0. The van der Waals surface area contributed by atoms with Gasteiger partial charge in [-0.1, -0.05) is 358 Å². The molecule has 0 aromatic carbocycles. The molecule has 466 valence electrons. The van der Waals surface area contributed by atoms with Gasteiger partial charge in [0.2, 0.25) is 0 Å². The minimum absolute atomic E-state index is 0.0867. The summed E-state index contributed by atoms with van der Waals surface area (Å²) in [5.41, 5.74) is 0. The van der Waals surface area contributed by atoms with E-state index < -0.39 is 6.10 Å². The van der Waals surface area contributed by atoms with Crippen molar-refractivity contribution >= 4 is 17.9 Å². The maximum atomic E-state index is 13.0. The normalized spacial score (nSPS) is 12.4. The molecular weight excluding hydrogens is 985 g/mol. The first-order chi connectivity index (χ1) is 39.5. The van der Waals surface area contributed by atoms with E-state index in [2.05, 4.69) is 81.5 Å². The predicted molar refractivity (Wildman–Crippen MR) is 348 cm³/mol. The number of carbonyl (C=O) groups excluding carboxylic acids is 3. The van der Waals surface area contributed by atoms with Gasteiger partial charge in [0, 0.05) is 19.3 Å². The van der Waals surface area contributed by atoms with E-state index in [1.54, 1.807) is 0 Å². The van der Waals surface area contributed by atoms with Crippen LogP contribution < -0.4 is 0 Å². The summed E-state index contributed by atoms with van der Waals surface area (Å²) < 4.78 is 17.0. The Hall–Kier alpha value is -2.89. The lowest BCUT2D eigenvalue weighted by Crippen LogP contribution is -2.30. The molecule has 0 rings (SSSR count). The molecule has 6 nitrogen and oxygen atoms in total. The van der Waals surface area contributed by atoms with Crippen LogP contribution in [0.1, 0.15) is 374 Å². The van der Waals surface area contributed by atoms with Crippen LogP contribution in [0.5, 0.6) is 0 Å². The molecule has 0 aliphatic rings. The van der Waals surface area contributed by atoms with Gasteiger partial charge >= 0.3 is 17.9 Å². The van der Waals surface area contributed by atoms with Crippen LogP contribution in [0.3, 0.4) is 0 Å². The summed E-state index contributed by atoms with van der Waals surface area (Å²) in [6.07, 6.45) is 88.3. The molecule has 0 aliphatic carbocycles. The lowest BCUT2D eigenvalue weighted by atomic mass is 10.0. The van der Waals surface area contributed by atoms with Crippen molar-refractivity contribution in [2.45, 2.75) is 380 Å². The molecule has 6 heteroatoms. The van der Waals surface area contributed by atoms with Gasteiger partial charge in [0.1, 0.15) is 13.2 Å². The van der Waals surface area contributed by atoms with Crippen molar-refractivity contribution < 1.29 is 28.6 Å². The molecule has 0 bridgehead atoms. The van der Waals surface area contributed by atoms with E-state index in [0.29, 0.717) is 19.3 Å². The molecule has 0 N–H and O–H groups in total. The third kappa shape index (κ3) is 65.9. The predicted octanol–water partition coefficient (Wildman–Crippen LogP) is 24.3. The van der Waals surface area contributed by atoms with Crippen LogP contribution in [0.2, 0.25) is 0 Å². The van der Waals surface area contributed by atoms with Crippen LogP contribution in [0, 0.1) is 0 Å². The summed E-state index contributed by atoms with van der Waals surface area (Å²) in [7, 11) is 0. The number of rotatable bonds is 65. The highest BCUT2D eigenvalue weighted by atomic mass is 16.6. The van der Waals surface area contributed by atoms with E-state index in [4.69, 9.17) is 14.2 Å². The van der Waals surface area contributed by atoms with Crippen LogP contribution >= 0.6 is 0 Å². The second-order valence-electron chi connectivity index (χ2n) is 23.8. The van der Waals surface area contributed by atoms with Crippen molar-refractivity contribution in [2.24, 2.45) is 0 Å². The van der Waals surface area contributed by atoms with Crippen molar-refractivity contribution in [3.63, 3.8) is 0 Å². The number of unbranched alkanes of at least 4 members (excludes halogenated alkanes) is 44. The zero-order valence-corrected chi connectivity index (χ0v) is 53.6. The smallest absolute Gasteiger partial charge is 0.306 e. The zero-order valence-electron chi connectivity index (χ0n) is 53.6. The Kier molecular flexibility index (Phi) is 66.1. The van der Waals surface area contributed by atoms with Crippen LogP contribution in [-0.2, 0) is 28.6 Å². The number of allylic oxidation sites excluding steroid dienone is 10. The molecule has 0 saturated heterocycles. The molecule has 0 spiro atoms. The van der Waals surface area contributed by atoms with Crippen LogP contribution in [-0.4, -0.2) is 37.2 Å². The maximum absolute atomic E-state index is 13.0. The first-order valence-electron chi connectivity index (χ1n) is 35.3. The van der Waals surface area contributed by atoms with Gasteiger partial charge in [-0.25, -0.2) is 0 Å². The monoisotopic (exact) mass is 1120 g/mol. The van der Waals surface area contributed by atoms with Crippen LogP contribution in [0.25, 0.3) is 0 Å². The molecule has 1 unspecified atom stereocenters. The molecule has 0 saturated carbocycles. The van der Waals surface area contributed by atoms with Crippen LogP contribution in [0.4, 0.5) is 0 Å². The Morgan fingerprint density at radius 2 is 0.487 bits per heavy atom. The van der Waals surface area contributed by atoms with Crippen molar-refractivity contribution in [2.75, 3.05) is 13.2 Å². The van der Waals surface area contributed by atoms with Gasteiger partial charge in [0.25, 0.3) is 0 Å². The van der Waals surface area contributed by atoms with E-state index in [1.165, 1.54) is 250 Å². The second kappa shape index (κ2) is 68.6. The molecule has 0 aromatic rings. The third-order valence-corrected chi connectivity index (χ3v) is 15.8. The van der Waals surface area contributed by atoms with Gasteiger partial charge < -0.3 is 14.2 Å². The molecule has 0 radical (unpaired) electrons. The minimum atomic E-state index is -0.796. The molecule has 0 aromatic heterocycles. The van der Waals surface area contributed by atoms with Gasteiger partial charge in [0.05, 0.1) is 0 Å². The van der Waals surface area contributed by atoms with E-state index in [1.807, 2.05) is 0 Å². The average Bonchev–Trinajstić information content (AvgIpc) is 3.46. The third-order valence-electron chi connectivity index (χ3n) is 15.8. The topological polar surface area (TPSA) is 78.9 Å². The van der Waals surface area contributed by atoms with E-state index in [9.17, 15) is 14.4 Å². The Labute approximate surface area is 498 Å². The summed E-state index contributed by atoms with van der Waals surface area (Å²) in [6.45, 7) is 6.55. The summed E-state index contributed by atoms with van der Waals surface area (Å²) in [5.74, 6) is -0.921. The maximum Gasteiger partial charge on any atom is 0.306 e. The van der Waals surface area contributed by atoms with E-state index >= 15 is 0 Å². The van der Waals surface area contributed by atoms with Crippen molar-refractivity contribution in [3.8, 4) is 0 Å². The highest BCUT2D eigenvalue weighted by Crippen LogP contribution is 2.19. The van der Waals surface area contributed by atoms with E-state index in [0.717, 1.165) is 77.0 Å². The molecule has 0 heterocycles. The number of hydrogen-bond donors (Lipinski definition) is 0. The largest absolute Gasteiger partial charge is 0.462 e. The summed E-state index contributed by atoms with van der Waals surface area (Å²) in [4.78, 5) is 38.4. The first-order valence-corrected chi connectivity index (χ1v) is 35.3. The van der Waals surface area contributed by atoms with E-state index in [-0.39, 0.29) is 37.5 Å². The summed E-state index contributed by atoms with van der Waals surface area (Å²) >= 11 is 0. The van der Waals surface area contributed by atoms with Crippen molar-refractivity contribution in [3.05, 3.63) is 60.8 Å².